The van der Waals surface area contributed by atoms with Gasteiger partial charge in [-0.1, -0.05) is 7.43 Å². The maximum absolute atomic E-state index is 12.0. The zero-order valence-corrected chi connectivity index (χ0v) is 19.9. The lowest BCUT2D eigenvalue weighted by Crippen LogP contribution is -2.40. The van der Waals surface area contributed by atoms with Crippen molar-refractivity contribution in [2.45, 2.75) is 88.2 Å². The topological polar surface area (TPSA) is 94.6 Å². The SMILES string of the molecule is C.C=S1(=O)CCC(S(=O)(=O)C(C)(C)C)C1.CC(C)(C)S(=O)(=O)C1CCOCC1. The summed E-state index contributed by atoms with van der Waals surface area (Å²) in [6, 6.07) is 0. The minimum atomic E-state index is -3.17. The second kappa shape index (κ2) is 9.35. The van der Waals surface area contributed by atoms with Gasteiger partial charge in [-0.05, 0) is 76.2 Å². The zero-order valence-electron chi connectivity index (χ0n) is 17.5. The highest BCUT2D eigenvalue weighted by Gasteiger charge is 2.41. The van der Waals surface area contributed by atoms with E-state index in [0.717, 1.165) is 0 Å². The Bertz CT molecular complexity index is 804. The van der Waals surface area contributed by atoms with Crippen LogP contribution >= 0.6 is 0 Å². The summed E-state index contributed by atoms with van der Waals surface area (Å²) in [5.74, 6) is 4.27. The summed E-state index contributed by atoms with van der Waals surface area (Å²) in [4.78, 5) is 0. The Hall–Kier alpha value is -0.120. The fourth-order valence-corrected chi connectivity index (χ4v) is 9.66. The molecule has 0 spiro atoms. The van der Waals surface area contributed by atoms with Gasteiger partial charge in [-0.25, -0.2) is 16.8 Å². The molecule has 0 aromatic carbocycles. The van der Waals surface area contributed by atoms with Crippen LogP contribution in [-0.4, -0.2) is 71.6 Å². The third kappa shape index (κ3) is 6.71. The summed E-state index contributed by atoms with van der Waals surface area (Å²) in [5.41, 5.74) is 0. The van der Waals surface area contributed by atoms with E-state index in [2.05, 4.69) is 5.87 Å². The monoisotopic (exact) mass is 460 g/mol. The van der Waals surface area contributed by atoms with Gasteiger partial charge in [0.05, 0.1) is 20.0 Å². The second-order valence-electron chi connectivity index (χ2n) is 9.37. The number of ether oxygens (including phenoxy) is 1. The molecular formula is C19H40O6S3. The van der Waals surface area contributed by atoms with Crippen molar-refractivity contribution in [3.05, 3.63) is 0 Å². The quantitative estimate of drug-likeness (QED) is 0.588. The molecule has 0 aliphatic carbocycles. The molecule has 2 rings (SSSR count). The normalized spacial score (nSPS) is 27.4. The molecule has 2 saturated heterocycles. The lowest BCUT2D eigenvalue weighted by atomic mass is 10.2. The Labute approximate surface area is 173 Å². The zero-order chi connectivity index (χ0) is 21.3. The van der Waals surface area contributed by atoms with Crippen molar-refractivity contribution < 1.29 is 25.8 Å². The predicted molar refractivity (Wildman–Crippen MR) is 121 cm³/mol. The van der Waals surface area contributed by atoms with Crippen LogP contribution in [0.5, 0.6) is 0 Å². The predicted octanol–water partition coefficient (Wildman–Crippen LogP) is 2.70. The Morgan fingerprint density at radius 2 is 1.21 bits per heavy atom. The minimum Gasteiger partial charge on any atom is -0.381 e. The molecule has 0 bridgehead atoms. The van der Waals surface area contributed by atoms with Crippen LogP contribution in [0.1, 0.15) is 68.2 Å². The van der Waals surface area contributed by atoms with Gasteiger partial charge >= 0.3 is 0 Å². The van der Waals surface area contributed by atoms with E-state index in [1.165, 1.54) is 0 Å². The maximum Gasteiger partial charge on any atom is 0.158 e. The van der Waals surface area contributed by atoms with Crippen molar-refractivity contribution >= 4 is 35.1 Å². The first-order valence-electron chi connectivity index (χ1n) is 9.29. The van der Waals surface area contributed by atoms with E-state index in [1.54, 1.807) is 41.5 Å². The van der Waals surface area contributed by atoms with E-state index in [4.69, 9.17) is 4.74 Å². The van der Waals surface area contributed by atoms with Gasteiger partial charge in [0, 0.05) is 24.7 Å². The standard InChI is InChI=1S/C9H18O3S2.C9H18O3S.CH4/c1-9(2,3)14(11,12)8-5-6-13(4,10)7-8;1-9(2,3)13(10,11)8-4-6-12-7-5-8;/h8H,4-7H2,1-3H3;8H,4-7H2,1-3H3;1H4. The fraction of sp³-hybridized carbons (Fsp3) is 0.947. The first-order chi connectivity index (χ1) is 11.9. The summed E-state index contributed by atoms with van der Waals surface area (Å²) in [5, 5.41) is -0.645. The van der Waals surface area contributed by atoms with Gasteiger partial charge in [-0.15, -0.1) is 0 Å². The molecule has 0 amide bonds. The number of hydrogen-bond acceptors (Lipinski definition) is 6. The molecule has 2 aliphatic heterocycles. The van der Waals surface area contributed by atoms with Crippen LogP contribution in [0.3, 0.4) is 0 Å². The molecular weight excluding hydrogens is 420 g/mol. The molecule has 0 radical (unpaired) electrons. The first kappa shape index (κ1) is 27.9. The first-order valence-corrected chi connectivity index (χ1v) is 14.4. The lowest BCUT2D eigenvalue weighted by molar-refractivity contribution is 0.0980. The molecule has 9 heteroatoms. The van der Waals surface area contributed by atoms with Crippen LogP contribution in [0.15, 0.2) is 0 Å². The van der Waals surface area contributed by atoms with Crippen LogP contribution in [0.4, 0.5) is 0 Å². The highest BCUT2D eigenvalue weighted by atomic mass is 32.2. The van der Waals surface area contributed by atoms with Crippen LogP contribution in [0.25, 0.3) is 0 Å². The average molecular weight is 461 g/mol. The van der Waals surface area contributed by atoms with Crippen LogP contribution < -0.4 is 0 Å². The summed E-state index contributed by atoms with van der Waals surface area (Å²) in [6.07, 6.45) is 1.81. The minimum absolute atomic E-state index is 0. The molecule has 170 valence electrons. The maximum atomic E-state index is 12.0. The molecule has 0 N–H and O–H groups in total. The molecule has 28 heavy (non-hydrogen) atoms. The van der Waals surface area contributed by atoms with Crippen LogP contribution in [0, 0.1) is 0 Å². The van der Waals surface area contributed by atoms with Gasteiger partial charge in [-0.2, -0.15) is 0 Å². The second-order valence-corrected chi connectivity index (χ2v) is 18.0. The lowest BCUT2D eigenvalue weighted by Gasteiger charge is -2.29. The molecule has 2 fully saturated rings. The smallest absolute Gasteiger partial charge is 0.158 e. The summed E-state index contributed by atoms with van der Waals surface area (Å²) in [6.45, 7) is 11.5. The van der Waals surface area contributed by atoms with E-state index >= 15 is 0 Å². The van der Waals surface area contributed by atoms with Gasteiger partial charge in [0.2, 0.25) is 0 Å². The Morgan fingerprint density at radius 3 is 1.54 bits per heavy atom. The van der Waals surface area contributed by atoms with Crippen molar-refractivity contribution in [2.75, 3.05) is 24.7 Å². The largest absolute Gasteiger partial charge is 0.381 e. The number of sulfone groups is 2. The van der Waals surface area contributed by atoms with E-state index in [1.807, 2.05) is 0 Å². The summed E-state index contributed by atoms with van der Waals surface area (Å²) in [7, 11) is -8.26. The van der Waals surface area contributed by atoms with Crippen LogP contribution in [-0.2, 0) is 33.9 Å². The average Bonchev–Trinajstić information content (AvgIpc) is 2.87. The van der Waals surface area contributed by atoms with E-state index in [0.29, 0.717) is 38.2 Å². The van der Waals surface area contributed by atoms with Gasteiger partial charge in [0.1, 0.15) is 0 Å². The molecule has 0 saturated carbocycles. The highest BCUT2D eigenvalue weighted by molar-refractivity contribution is 8.02. The van der Waals surface area contributed by atoms with Gasteiger partial charge in [0.25, 0.3) is 0 Å². The highest BCUT2D eigenvalue weighted by Crippen LogP contribution is 2.28. The Kier molecular flexibility index (Phi) is 9.31. The van der Waals surface area contributed by atoms with Crippen molar-refractivity contribution in [1.29, 1.82) is 0 Å². The Morgan fingerprint density at radius 1 is 0.821 bits per heavy atom. The van der Waals surface area contributed by atoms with E-state index in [9.17, 15) is 21.0 Å². The third-order valence-corrected chi connectivity index (χ3v) is 13.3. The molecule has 2 aliphatic rings. The van der Waals surface area contributed by atoms with Gasteiger partial charge < -0.3 is 4.74 Å². The fourth-order valence-electron chi connectivity index (χ4n) is 3.08. The summed E-state index contributed by atoms with van der Waals surface area (Å²) < 4.78 is 63.2. The van der Waals surface area contributed by atoms with E-state index in [-0.39, 0.29) is 18.4 Å². The number of rotatable bonds is 2. The molecule has 2 atom stereocenters. The molecule has 0 aromatic heterocycles. The van der Waals surface area contributed by atoms with Crippen molar-refractivity contribution in [3.8, 4) is 0 Å². The van der Waals surface area contributed by atoms with Crippen molar-refractivity contribution in [1.82, 2.24) is 0 Å². The van der Waals surface area contributed by atoms with Gasteiger partial charge in [0.15, 0.2) is 19.7 Å². The van der Waals surface area contributed by atoms with Crippen molar-refractivity contribution in [2.24, 2.45) is 0 Å². The Balaban J connectivity index is 0.000000504. The van der Waals surface area contributed by atoms with Gasteiger partial charge in [-0.3, -0.25) is 4.21 Å². The van der Waals surface area contributed by atoms with Crippen LogP contribution in [0.2, 0.25) is 0 Å². The molecule has 0 aromatic rings. The molecule has 2 unspecified atom stereocenters. The summed E-state index contributed by atoms with van der Waals surface area (Å²) >= 11 is 0. The number of hydrogen-bond donors (Lipinski definition) is 0. The third-order valence-electron chi connectivity index (χ3n) is 5.05. The molecule has 6 nitrogen and oxygen atoms in total. The van der Waals surface area contributed by atoms with E-state index < -0.39 is 43.9 Å². The van der Waals surface area contributed by atoms with Crippen molar-refractivity contribution in [3.63, 3.8) is 0 Å². The molecule has 2 heterocycles.